The average Bonchev–Trinajstić information content (AvgIpc) is 2.15. The van der Waals surface area contributed by atoms with Crippen molar-refractivity contribution in [3.8, 4) is 11.5 Å². The van der Waals surface area contributed by atoms with Crippen molar-refractivity contribution in [2.75, 3.05) is 19.8 Å². The lowest BCUT2D eigenvalue weighted by Crippen LogP contribution is -2.06. The van der Waals surface area contributed by atoms with Crippen molar-refractivity contribution in [1.29, 1.82) is 0 Å². The lowest BCUT2D eigenvalue weighted by atomic mass is 10.3. The lowest BCUT2D eigenvalue weighted by molar-refractivity contribution is 0.109. The molecule has 0 fully saturated rings. The van der Waals surface area contributed by atoms with Gasteiger partial charge >= 0.3 is 0 Å². The number of rotatable bonds is 5. The summed E-state index contributed by atoms with van der Waals surface area (Å²) in [6, 6.07) is 6.89. The van der Waals surface area contributed by atoms with Crippen molar-refractivity contribution >= 4 is 0 Å². The molecule has 1 rings (SSSR count). The number of aromatic hydroxyl groups is 1. The highest BCUT2D eigenvalue weighted by Crippen LogP contribution is 2.23. The third-order valence-corrected chi connectivity index (χ3v) is 1.55. The summed E-state index contributed by atoms with van der Waals surface area (Å²) in [5.74, 6) is 0.668. The summed E-state index contributed by atoms with van der Waals surface area (Å²) in [4.78, 5) is 0. The van der Waals surface area contributed by atoms with Crippen molar-refractivity contribution in [2.24, 2.45) is 0 Å². The Balaban J connectivity index is 2.32. The molecule has 13 heavy (non-hydrogen) atoms. The Morgan fingerprint density at radius 1 is 1.23 bits per heavy atom. The van der Waals surface area contributed by atoms with Crippen molar-refractivity contribution in [2.45, 2.75) is 6.92 Å². The predicted molar refractivity (Wildman–Crippen MR) is 50.1 cm³/mol. The molecule has 0 amide bonds. The number of phenols is 1. The topological polar surface area (TPSA) is 38.7 Å². The van der Waals surface area contributed by atoms with Gasteiger partial charge in [0, 0.05) is 6.61 Å². The fraction of sp³-hybridized carbons (Fsp3) is 0.400. The van der Waals surface area contributed by atoms with Crippen LogP contribution >= 0.6 is 0 Å². The molecule has 0 aliphatic rings. The zero-order valence-corrected chi connectivity index (χ0v) is 7.69. The van der Waals surface area contributed by atoms with Crippen LogP contribution in [-0.2, 0) is 4.74 Å². The molecule has 0 saturated heterocycles. The third-order valence-electron chi connectivity index (χ3n) is 1.55. The average molecular weight is 182 g/mol. The van der Waals surface area contributed by atoms with Crippen LogP contribution in [0.5, 0.6) is 11.5 Å². The molecule has 0 radical (unpaired) electrons. The Morgan fingerprint density at radius 2 is 2.00 bits per heavy atom. The summed E-state index contributed by atoms with van der Waals surface area (Å²) in [5.41, 5.74) is 0. The Hall–Kier alpha value is -1.22. The van der Waals surface area contributed by atoms with Gasteiger partial charge in [-0.15, -0.1) is 0 Å². The minimum absolute atomic E-state index is 0.166. The molecule has 0 saturated carbocycles. The highest BCUT2D eigenvalue weighted by Gasteiger charge is 1.98. The summed E-state index contributed by atoms with van der Waals surface area (Å²) < 4.78 is 10.4. The molecule has 0 atom stereocenters. The number of benzene rings is 1. The molecule has 1 aromatic carbocycles. The SMILES string of the molecule is CCOCCOc1ccccc1O. The van der Waals surface area contributed by atoms with Crippen LogP contribution in [0.1, 0.15) is 6.92 Å². The standard InChI is InChI=1S/C10H14O3/c1-2-12-7-8-13-10-6-4-3-5-9(10)11/h3-6,11H,2,7-8H2,1H3. The van der Waals surface area contributed by atoms with E-state index in [1.54, 1.807) is 18.2 Å². The molecule has 3 nitrogen and oxygen atoms in total. The molecule has 0 heterocycles. The second-order valence-corrected chi connectivity index (χ2v) is 2.51. The largest absolute Gasteiger partial charge is 0.504 e. The Labute approximate surface area is 77.9 Å². The van der Waals surface area contributed by atoms with Gasteiger partial charge in [-0.1, -0.05) is 12.1 Å². The van der Waals surface area contributed by atoms with Gasteiger partial charge in [-0.2, -0.15) is 0 Å². The summed E-state index contributed by atoms with van der Waals surface area (Å²) >= 11 is 0. The van der Waals surface area contributed by atoms with Crippen molar-refractivity contribution < 1.29 is 14.6 Å². The van der Waals surface area contributed by atoms with E-state index < -0.39 is 0 Å². The minimum Gasteiger partial charge on any atom is -0.504 e. The predicted octanol–water partition coefficient (Wildman–Crippen LogP) is 1.81. The van der Waals surface area contributed by atoms with Gasteiger partial charge in [0.15, 0.2) is 11.5 Å². The van der Waals surface area contributed by atoms with Crippen LogP contribution in [0.15, 0.2) is 24.3 Å². The zero-order valence-electron chi connectivity index (χ0n) is 7.69. The minimum atomic E-state index is 0.166. The second kappa shape index (κ2) is 5.43. The fourth-order valence-electron chi connectivity index (χ4n) is 0.934. The first-order valence-corrected chi connectivity index (χ1v) is 4.33. The van der Waals surface area contributed by atoms with Crippen molar-refractivity contribution in [1.82, 2.24) is 0 Å². The summed E-state index contributed by atoms with van der Waals surface area (Å²) in [6.45, 7) is 3.63. The lowest BCUT2D eigenvalue weighted by Gasteiger charge is -2.06. The Morgan fingerprint density at radius 3 is 2.69 bits per heavy atom. The molecule has 1 N–H and O–H groups in total. The molecule has 0 aliphatic heterocycles. The van der Waals surface area contributed by atoms with Crippen LogP contribution in [0.4, 0.5) is 0 Å². The number of phenolic OH excluding ortho intramolecular Hbond substituents is 1. The normalized spacial score (nSPS) is 9.92. The Kier molecular flexibility index (Phi) is 4.12. The van der Waals surface area contributed by atoms with E-state index in [9.17, 15) is 5.11 Å². The van der Waals surface area contributed by atoms with E-state index in [0.29, 0.717) is 25.6 Å². The quantitative estimate of drug-likeness (QED) is 0.706. The Bertz CT molecular complexity index is 248. The first kappa shape index (κ1) is 9.86. The zero-order chi connectivity index (χ0) is 9.52. The van der Waals surface area contributed by atoms with E-state index in [0.717, 1.165) is 0 Å². The smallest absolute Gasteiger partial charge is 0.161 e. The van der Waals surface area contributed by atoms with Crippen LogP contribution in [0.25, 0.3) is 0 Å². The van der Waals surface area contributed by atoms with Crippen LogP contribution in [0.3, 0.4) is 0 Å². The molecule has 0 bridgehead atoms. The van der Waals surface area contributed by atoms with Crippen molar-refractivity contribution in [3.63, 3.8) is 0 Å². The van der Waals surface area contributed by atoms with E-state index in [2.05, 4.69) is 0 Å². The number of hydrogen-bond acceptors (Lipinski definition) is 3. The maximum absolute atomic E-state index is 9.30. The van der Waals surface area contributed by atoms with Gasteiger partial charge in [-0.25, -0.2) is 0 Å². The molecule has 0 spiro atoms. The van der Waals surface area contributed by atoms with Gasteiger partial charge in [-0.3, -0.25) is 0 Å². The van der Waals surface area contributed by atoms with E-state index in [-0.39, 0.29) is 5.75 Å². The van der Waals surface area contributed by atoms with Gasteiger partial charge in [0.25, 0.3) is 0 Å². The number of hydrogen-bond donors (Lipinski definition) is 1. The van der Waals surface area contributed by atoms with E-state index >= 15 is 0 Å². The van der Waals surface area contributed by atoms with E-state index in [4.69, 9.17) is 9.47 Å². The summed E-state index contributed by atoms with van der Waals surface area (Å²) in [6.07, 6.45) is 0. The molecule has 0 unspecified atom stereocenters. The summed E-state index contributed by atoms with van der Waals surface area (Å²) in [7, 11) is 0. The van der Waals surface area contributed by atoms with Gasteiger partial charge in [0.1, 0.15) is 6.61 Å². The molecular weight excluding hydrogens is 168 g/mol. The molecule has 3 heteroatoms. The third kappa shape index (κ3) is 3.34. The van der Waals surface area contributed by atoms with Crippen LogP contribution in [-0.4, -0.2) is 24.9 Å². The van der Waals surface area contributed by atoms with Crippen LogP contribution < -0.4 is 4.74 Å². The number of ether oxygens (including phenoxy) is 2. The summed E-state index contributed by atoms with van der Waals surface area (Å²) in [5, 5.41) is 9.30. The fourth-order valence-corrected chi connectivity index (χ4v) is 0.934. The van der Waals surface area contributed by atoms with Gasteiger partial charge < -0.3 is 14.6 Å². The highest BCUT2D eigenvalue weighted by molar-refractivity contribution is 5.37. The van der Waals surface area contributed by atoms with Crippen molar-refractivity contribution in [3.05, 3.63) is 24.3 Å². The van der Waals surface area contributed by atoms with Crippen LogP contribution in [0, 0.1) is 0 Å². The molecule has 0 aliphatic carbocycles. The maximum Gasteiger partial charge on any atom is 0.161 e. The van der Waals surface area contributed by atoms with E-state index in [1.807, 2.05) is 13.0 Å². The molecule has 0 aromatic heterocycles. The maximum atomic E-state index is 9.30. The van der Waals surface area contributed by atoms with E-state index in [1.165, 1.54) is 0 Å². The highest BCUT2D eigenvalue weighted by atomic mass is 16.5. The van der Waals surface area contributed by atoms with Crippen LogP contribution in [0.2, 0.25) is 0 Å². The molecular formula is C10H14O3. The van der Waals surface area contributed by atoms with Gasteiger partial charge in [0.2, 0.25) is 0 Å². The van der Waals surface area contributed by atoms with Gasteiger partial charge in [0.05, 0.1) is 6.61 Å². The first-order chi connectivity index (χ1) is 6.34. The number of para-hydroxylation sites is 2. The monoisotopic (exact) mass is 182 g/mol. The molecule has 72 valence electrons. The van der Waals surface area contributed by atoms with Gasteiger partial charge in [-0.05, 0) is 19.1 Å². The first-order valence-electron chi connectivity index (χ1n) is 4.33. The second-order valence-electron chi connectivity index (χ2n) is 2.51. The molecule has 1 aromatic rings.